The molecule has 0 unspecified atom stereocenters. The van der Waals surface area contributed by atoms with Gasteiger partial charge in [0, 0.05) is 11.1 Å². The fraction of sp³-hybridized carbons (Fsp3) is 0.231. The Bertz CT molecular complexity index is 1500. The molecule has 3 aromatic carbocycles. The van der Waals surface area contributed by atoms with Crippen LogP contribution in [0.3, 0.4) is 0 Å². The summed E-state index contributed by atoms with van der Waals surface area (Å²) in [5.41, 5.74) is -6.57. The molecule has 10 heteroatoms. The Morgan fingerprint density at radius 1 is 0.889 bits per heavy atom. The van der Waals surface area contributed by atoms with Crippen LogP contribution in [0.1, 0.15) is 60.7 Å². The molecule has 0 saturated heterocycles. The van der Waals surface area contributed by atoms with Crippen LogP contribution in [0.4, 0.5) is 5.69 Å². The topological polar surface area (TPSA) is 188 Å². The highest BCUT2D eigenvalue weighted by Gasteiger charge is 2.70. The number of anilines is 1. The number of aliphatic hydroxyl groups is 5. The summed E-state index contributed by atoms with van der Waals surface area (Å²) in [6, 6.07) is 9.79. The largest absolute Gasteiger partial charge is 0.507 e. The van der Waals surface area contributed by atoms with Gasteiger partial charge in [-0.25, -0.2) is 0 Å². The van der Waals surface area contributed by atoms with Gasteiger partial charge in [-0.1, -0.05) is 36.4 Å². The summed E-state index contributed by atoms with van der Waals surface area (Å²) in [5.74, 6) is -2.74. The van der Waals surface area contributed by atoms with Gasteiger partial charge in [0.05, 0.1) is 35.0 Å². The molecule has 5 atom stereocenters. The van der Waals surface area contributed by atoms with Crippen molar-refractivity contribution in [2.75, 3.05) is 11.9 Å². The molecule has 3 aromatic rings. The van der Waals surface area contributed by atoms with Crippen LogP contribution in [0.15, 0.2) is 48.5 Å². The third-order valence-corrected chi connectivity index (χ3v) is 7.70. The molecule has 2 bridgehead atoms. The minimum absolute atomic E-state index is 0.116. The summed E-state index contributed by atoms with van der Waals surface area (Å²) in [4.78, 5) is 26.9. The van der Waals surface area contributed by atoms with Crippen LogP contribution < -0.4 is 5.32 Å². The number of phenolic OH excluding ortho intramolecular Hbond substituents is 2. The van der Waals surface area contributed by atoms with E-state index in [1.54, 1.807) is 12.1 Å². The van der Waals surface area contributed by atoms with Crippen molar-refractivity contribution in [1.82, 2.24) is 0 Å². The van der Waals surface area contributed by atoms with Crippen LogP contribution >= 0.6 is 0 Å². The molecule has 1 aliphatic heterocycles. The van der Waals surface area contributed by atoms with Gasteiger partial charge in [0.15, 0.2) is 22.8 Å². The lowest BCUT2D eigenvalue weighted by Gasteiger charge is -2.59. The zero-order chi connectivity index (χ0) is 25.7. The lowest BCUT2D eigenvalue weighted by Crippen LogP contribution is -2.71. The van der Waals surface area contributed by atoms with E-state index in [2.05, 4.69) is 5.32 Å². The van der Waals surface area contributed by atoms with Crippen molar-refractivity contribution >= 4 is 17.3 Å². The summed E-state index contributed by atoms with van der Waals surface area (Å²) < 4.78 is 0. The second-order valence-corrected chi connectivity index (χ2v) is 9.33. The average Bonchev–Trinajstić information content (AvgIpc) is 2.87. The molecule has 0 spiro atoms. The molecular formula is C26H21NO9. The molecule has 3 aliphatic rings. The Kier molecular flexibility index (Phi) is 4.48. The van der Waals surface area contributed by atoms with Crippen LogP contribution in [-0.2, 0) is 5.60 Å². The van der Waals surface area contributed by atoms with Gasteiger partial charge >= 0.3 is 0 Å². The predicted molar refractivity (Wildman–Crippen MR) is 123 cm³/mol. The van der Waals surface area contributed by atoms with Crippen molar-refractivity contribution in [3.8, 4) is 11.5 Å². The molecule has 8 N–H and O–H groups in total. The average molecular weight is 491 g/mol. The fourth-order valence-electron chi connectivity index (χ4n) is 6.01. The van der Waals surface area contributed by atoms with Gasteiger partial charge in [-0.15, -0.1) is 0 Å². The Hall–Kier alpha value is -3.80. The van der Waals surface area contributed by atoms with Gasteiger partial charge < -0.3 is 41.1 Å². The number of rotatable bonds is 2. The molecular weight excluding hydrogens is 470 g/mol. The molecule has 6 rings (SSSR count). The number of hydrogen-bond acceptors (Lipinski definition) is 10. The zero-order valence-electron chi connectivity index (χ0n) is 18.5. The van der Waals surface area contributed by atoms with Crippen molar-refractivity contribution in [2.24, 2.45) is 0 Å². The van der Waals surface area contributed by atoms with Crippen LogP contribution in [0.2, 0.25) is 0 Å². The number of hydrogen-bond donors (Lipinski definition) is 8. The second-order valence-electron chi connectivity index (χ2n) is 9.33. The second kappa shape index (κ2) is 7.12. The van der Waals surface area contributed by atoms with Crippen molar-refractivity contribution < 1.29 is 45.3 Å². The van der Waals surface area contributed by atoms with Crippen LogP contribution in [0, 0.1) is 0 Å². The Morgan fingerprint density at radius 3 is 2.28 bits per heavy atom. The van der Waals surface area contributed by atoms with Crippen LogP contribution in [-0.4, -0.2) is 65.6 Å². The maximum absolute atomic E-state index is 13.6. The van der Waals surface area contributed by atoms with E-state index in [-0.39, 0.29) is 44.6 Å². The zero-order valence-corrected chi connectivity index (χ0v) is 18.5. The maximum atomic E-state index is 13.6. The van der Waals surface area contributed by atoms with E-state index in [9.17, 15) is 45.3 Å². The summed E-state index contributed by atoms with van der Waals surface area (Å²) in [6.45, 7) is -0.989. The Balaban J connectivity index is 1.72. The first kappa shape index (κ1) is 22.7. The van der Waals surface area contributed by atoms with E-state index in [1.807, 2.05) is 0 Å². The van der Waals surface area contributed by atoms with Crippen LogP contribution in [0.25, 0.3) is 0 Å². The maximum Gasteiger partial charge on any atom is 0.200 e. The van der Waals surface area contributed by atoms with Gasteiger partial charge in [-0.3, -0.25) is 9.59 Å². The number of aromatic hydroxyl groups is 2. The van der Waals surface area contributed by atoms with Gasteiger partial charge in [0.25, 0.3) is 0 Å². The monoisotopic (exact) mass is 491 g/mol. The van der Waals surface area contributed by atoms with Crippen molar-refractivity contribution in [3.05, 3.63) is 87.5 Å². The van der Waals surface area contributed by atoms with E-state index in [1.165, 1.54) is 30.3 Å². The quantitative estimate of drug-likeness (QED) is 0.182. The first-order chi connectivity index (χ1) is 17.1. The van der Waals surface area contributed by atoms with Gasteiger partial charge in [-0.05, 0) is 23.3 Å². The summed E-state index contributed by atoms with van der Waals surface area (Å²) in [5, 5.41) is 79.9. The molecule has 0 amide bonds. The van der Waals surface area contributed by atoms with Gasteiger partial charge in [-0.2, -0.15) is 0 Å². The lowest BCUT2D eigenvalue weighted by molar-refractivity contribution is -0.270. The Morgan fingerprint density at radius 2 is 1.58 bits per heavy atom. The standard InChI is InChI=1S/C26H21NO9/c28-9-16(31)26(36)23-10-4-1-2-5-11(10)24(34)25(26,35)13-8-15(30)18-19(20(13)27-23)22(33)17-12(21(18)32)6-3-7-14(17)29/h1-8,16,23-24,27-31,34-36H,9H2/t16-,23+,24-,25+,26+/m1/s1. The number of phenols is 2. The van der Waals surface area contributed by atoms with Crippen LogP contribution in [0.5, 0.6) is 11.5 Å². The molecule has 0 aromatic heterocycles. The van der Waals surface area contributed by atoms with Gasteiger partial charge in [0.2, 0.25) is 0 Å². The third-order valence-electron chi connectivity index (χ3n) is 7.70. The smallest absolute Gasteiger partial charge is 0.200 e. The number of ketones is 2. The highest BCUT2D eigenvalue weighted by atomic mass is 16.4. The van der Waals surface area contributed by atoms with Crippen molar-refractivity contribution in [1.29, 1.82) is 0 Å². The SMILES string of the molecule is O=C1c2cccc(O)c2C(=O)c2c3c(cc(O)c21)[C@]1(O)[C@H](O)c2ccccc2[C@H](N3)[C@@]1(O)[C@H](O)CO. The minimum Gasteiger partial charge on any atom is -0.507 e. The molecule has 36 heavy (non-hydrogen) atoms. The summed E-state index contributed by atoms with van der Waals surface area (Å²) in [6.07, 6.45) is -3.85. The number of aliphatic hydroxyl groups excluding tert-OH is 3. The van der Waals surface area contributed by atoms with E-state index >= 15 is 0 Å². The van der Waals surface area contributed by atoms with Crippen molar-refractivity contribution in [2.45, 2.75) is 29.5 Å². The fourth-order valence-corrected chi connectivity index (χ4v) is 6.01. The predicted octanol–water partition coefficient (Wildman–Crippen LogP) is 0.359. The van der Waals surface area contributed by atoms with E-state index in [4.69, 9.17) is 0 Å². The minimum atomic E-state index is -2.75. The Labute approximate surface area is 203 Å². The summed E-state index contributed by atoms with van der Waals surface area (Å²) in [7, 11) is 0. The van der Waals surface area contributed by atoms with Crippen molar-refractivity contribution in [3.63, 3.8) is 0 Å². The first-order valence-electron chi connectivity index (χ1n) is 11.2. The number of fused-ring (bicyclic) bond motifs is 9. The molecule has 0 fully saturated rings. The van der Waals surface area contributed by atoms with E-state index in [0.29, 0.717) is 0 Å². The number of benzene rings is 3. The number of carbonyl (C=O) groups is 2. The molecule has 1 heterocycles. The highest BCUT2D eigenvalue weighted by Crippen LogP contribution is 2.62. The molecule has 0 saturated carbocycles. The number of carbonyl (C=O) groups excluding carboxylic acids is 2. The normalized spacial score (nSPS) is 28.4. The lowest BCUT2D eigenvalue weighted by atomic mass is 9.57. The molecule has 10 nitrogen and oxygen atoms in total. The molecule has 2 aliphatic carbocycles. The van der Waals surface area contributed by atoms with E-state index in [0.717, 1.165) is 6.07 Å². The van der Waals surface area contributed by atoms with Gasteiger partial charge in [0.1, 0.15) is 23.7 Å². The third kappa shape index (κ3) is 2.37. The highest BCUT2D eigenvalue weighted by molar-refractivity contribution is 6.32. The summed E-state index contributed by atoms with van der Waals surface area (Å²) >= 11 is 0. The first-order valence-corrected chi connectivity index (χ1v) is 11.2. The van der Waals surface area contributed by atoms with E-state index < -0.39 is 59.1 Å². The molecule has 184 valence electrons. The number of nitrogens with one attached hydrogen (secondary N) is 1. The molecule has 0 radical (unpaired) electrons.